The fourth-order valence-electron chi connectivity index (χ4n) is 2.26. The molecule has 0 radical (unpaired) electrons. The van der Waals surface area contributed by atoms with E-state index in [1.165, 1.54) is 15.9 Å². The Labute approximate surface area is 139 Å². The van der Waals surface area contributed by atoms with Gasteiger partial charge in [-0.05, 0) is 39.7 Å². The Kier molecular flexibility index (Phi) is 5.54. The Bertz CT molecular complexity index is 777. The Morgan fingerprint density at radius 2 is 2.09 bits per heavy atom. The standard InChI is InChI=1S/C16H23N3O3S/c1-9(2)22-8-6-7-17-14(20)13-10(3)12-15(23-13)18-11(4)19(5)16(12)21/h9H,6-8H2,1-5H3,(H,17,20). The van der Waals surface area contributed by atoms with E-state index < -0.39 is 0 Å². The number of aromatic nitrogens is 2. The maximum Gasteiger partial charge on any atom is 0.262 e. The van der Waals surface area contributed by atoms with Gasteiger partial charge in [0.2, 0.25) is 0 Å². The molecule has 2 aromatic heterocycles. The van der Waals surface area contributed by atoms with Gasteiger partial charge in [-0.3, -0.25) is 14.2 Å². The molecule has 2 aromatic rings. The zero-order chi connectivity index (χ0) is 17.1. The highest BCUT2D eigenvalue weighted by molar-refractivity contribution is 7.20. The number of amides is 1. The van der Waals surface area contributed by atoms with Crippen LogP contribution >= 0.6 is 11.3 Å². The summed E-state index contributed by atoms with van der Waals surface area (Å²) in [4.78, 5) is 30.3. The highest BCUT2D eigenvalue weighted by Gasteiger charge is 2.19. The third kappa shape index (κ3) is 3.79. The maximum absolute atomic E-state index is 12.4. The SMILES string of the molecule is Cc1c(C(=O)NCCCOC(C)C)sc2nc(C)n(C)c(=O)c12. The number of fused-ring (bicyclic) bond motifs is 1. The second kappa shape index (κ2) is 7.23. The molecule has 2 heterocycles. The monoisotopic (exact) mass is 337 g/mol. The number of hydrogen-bond acceptors (Lipinski definition) is 5. The zero-order valence-corrected chi connectivity index (χ0v) is 15.0. The van der Waals surface area contributed by atoms with E-state index in [1.54, 1.807) is 20.9 Å². The van der Waals surface area contributed by atoms with Gasteiger partial charge in [-0.1, -0.05) is 0 Å². The Morgan fingerprint density at radius 3 is 2.74 bits per heavy atom. The molecule has 0 atom stereocenters. The van der Waals surface area contributed by atoms with Crippen molar-refractivity contribution in [2.24, 2.45) is 7.05 Å². The van der Waals surface area contributed by atoms with Crippen LogP contribution in [0.3, 0.4) is 0 Å². The van der Waals surface area contributed by atoms with Crippen LogP contribution in [0.5, 0.6) is 0 Å². The molecule has 0 aliphatic rings. The topological polar surface area (TPSA) is 73.2 Å². The van der Waals surface area contributed by atoms with E-state index in [1.807, 2.05) is 13.8 Å². The summed E-state index contributed by atoms with van der Waals surface area (Å²) < 4.78 is 6.95. The molecule has 0 fully saturated rings. The van der Waals surface area contributed by atoms with Crippen molar-refractivity contribution in [3.05, 3.63) is 26.6 Å². The van der Waals surface area contributed by atoms with Crippen molar-refractivity contribution in [3.63, 3.8) is 0 Å². The van der Waals surface area contributed by atoms with Gasteiger partial charge in [-0.15, -0.1) is 11.3 Å². The average molecular weight is 337 g/mol. The van der Waals surface area contributed by atoms with Crippen LogP contribution < -0.4 is 10.9 Å². The van der Waals surface area contributed by atoms with E-state index in [-0.39, 0.29) is 17.6 Å². The lowest BCUT2D eigenvalue weighted by molar-refractivity contribution is 0.0757. The number of hydrogen-bond donors (Lipinski definition) is 1. The van der Waals surface area contributed by atoms with Crippen molar-refractivity contribution in [1.29, 1.82) is 0 Å². The summed E-state index contributed by atoms with van der Waals surface area (Å²) in [6, 6.07) is 0. The molecule has 2 rings (SSSR count). The van der Waals surface area contributed by atoms with Gasteiger partial charge in [0.05, 0.1) is 16.4 Å². The molecule has 0 spiro atoms. The Balaban J connectivity index is 2.14. The number of aryl methyl sites for hydroxylation is 2. The summed E-state index contributed by atoms with van der Waals surface area (Å²) in [6.07, 6.45) is 0.952. The largest absolute Gasteiger partial charge is 0.379 e. The first-order valence-corrected chi connectivity index (χ1v) is 8.51. The fourth-order valence-corrected chi connectivity index (χ4v) is 3.39. The first kappa shape index (κ1) is 17.6. The molecule has 6 nitrogen and oxygen atoms in total. The molecule has 0 aliphatic carbocycles. The number of carbonyl (C=O) groups is 1. The van der Waals surface area contributed by atoms with Crippen LogP contribution in [-0.4, -0.2) is 34.7 Å². The van der Waals surface area contributed by atoms with Crippen molar-refractivity contribution in [3.8, 4) is 0 Å². The van der Waals surface area contributed by atoms with E-state index in [4.69, 9.17) is 4.74 Å². The van der Waals surface area contributed by atoms with Crippen LogP contribution in [0.4, 0.5) is 0 Å². The molecule has 0 aliphatic heterocycles. The normalized spacial score (nSPS) is 11.4. The number of rotatable bonds is 6. The molecule has 0 saturated carbocycles. The fraction of sp³-hybridized carbons (Fsp3) is 0.562. The molecule has 0 aromatic carbocycles. The summed E-state index contributed by atoms with van der Waals surface area (Å²) in [5, 5.41) is 3.42. The minimum absolute atomic E-state index is 0.106. The Morgan fingerprint density at radius 1 is 1.39 bits per heavy atom. The van der Waals surface area contributed by atoms with Gasteiger partial charge in [-0.2, -0.15) is 0 Å². The number of nitrogens with one attached hydrogen (secondary N) is 1. The van der Waals surface area contributed by atoms with Crippen LogP contribution in [0.25, 0.3) is 10.2 Å². The van der Waals surface area contributed by atoms with Crippen molar-refractivity contribution in [1.82, 2.24) is 14.9 Å². The maximum atomic E-state index is 12.4. The molecule has 1 N–H and O–H groups in total. The van der Waals surface area contributed by atoms with Crippen LogP contribution in [0, 0.1) is 13.8 Å². The molecule has 126 valence electrons. The first-order valence-electron chi connectivity index (χ1n) is 7.69. The minimum atomic E-state index is -0.158. The third-order valence-corrected chi connectivity index (χ3v) is 4.84. The van der Waals surface area contributed by atoms with E-state index in [2.05, 4.69) is 10.3 Å². The highest BCUT2D eigenvalue weighted by Crippen LogP contribution is 2.27. The second-order valence-corrected chi connectivity index (χ2v) is 6.79. The van der Waals surface area contributed by atoms with Crippen LogP contribution in [0.1, 0.15) is 41.3 Å². The predicted octanol–water partition coefficient (Wildman–Crippen LogP) is 2.16. The lowest BCUT2D eigenvalue weighted by Crippen LogP contribution is -2.25. The summed E-state index contributed by atoms with van der Waals surface area (Å²) >= 11 is 1.27. The summed E-state index contributed by atoms with van der Waals surface area (Å²) in [5.74, 6) is 0.483. The predicted molar refractivity (Wildman–Crippen MR) is 92.4 cm³/mol. The van der Waals surface area contributed by atoms with Gasteiger partial charge >= 0.3 is 0 Å². The van der Waals surface area contributed by atoms with Crippen LogP contribution in [-0.2, 0) is 11.8 Å². The zero-order valence-electron chi connectivity index (χ0n) is 14.2. The number of ether oxygens (including phenoxy) is 1. The van der Waals surface area contributed by atoms with E-state index in [0.29, 0.717) is 39.6 Å². The number of carbonyl (C=O) groups excluding carboxylic acids is 1. The van der Waals surface area contributed by atoms with Gasteiger partial charge in [0, 0.05) is 20.2 Å². The van der Waals surface area contributed by atoms with Gasteiger partial charge < -0.3 is 10.1 Å². The molecule has 23 heavy (non-hydrogen) atoms. The van der Waals surface area contributed by atoms with Crippen LogP contribution in [0.15, 0.2) is 4.79 Å². The van der Waals surface area contributed by atoms with Crippen molar-refractivity contribution >= 4 is 27.5 Å². The molecule has 1 amide bonds. The summed E-state index contributed by atoms with van der Waals surface area (Å²) in [6.45, 7) is 8.70. The van der Waals surface area contributed by atoms with Crippen molar-refractivity contribution < 1.29 is 9.53 Å². The molecule has 0 bridgehead atoms. The number of thiophene rings is 1. The van der Waals surface area contributed by atoms with Gasteiger partial charge in [0.25, 0.3) is 11.5 Å². The smallest absolute Gasteiger partial charge is 0.262 e. The molecular formula is C16H23N3O3S. The quantitative estimate of drug-likeness (QED) is 0.820. The lowest BCUT2D eigenvalue weighted by Gasteiger charge is -2.08. The lowest BCUT2D eigenvalue weighted by atomic mass is 10.2. The van der Waals surface area contributed by atoms with E-state index >= 15 is 0 Å². The highest BCUT2D eigenvalue weighted by atomic mass is 32.1. The summed E-state index contributed by atoms with van der Waals surface area (Å²) in [5.41, 5.74) is 0.597. The first-order chi connectivity index (χ1) is 10.8. The number of nitrogens with zero attached hydrogens (tertiary/aromatic N) is 2. The molecule has 0 saturated heterocycles. The van der Waals surface area contributed by atoms with Gasteiger partial charge in [0.1, 0.15) is 10.7 Å². The van der Waals surface area contributed by atoms with Crippen molar-refractivity contribution in [2.45, 2.75) is 40.2 Å². The molecule has 7 heteroatoms. The van der Waals surface area contributed by atoms with Gasteiger partial charge in [-0.25, -0.2) is 4.98 Å². The van der Waals surface area contributed by atoms with Gasteiger partial charge in [0.15, 0.2) is 0 Å². The molecular weight excluding hydrogens is 314 g/mol. The average Bonchev–Trinajstić information content (AvgIpc) is 2.81. The Hall–Kier alpha value is -1.73. The van der Waals surface area contributed by atoms with E-state index in [9.17, 15) is 9.59 Å². The van der Waals surface area contributed by atoms with E-state index in [0.717, 1.165) is 6.42 Å². The minimum Gasteiger partial charge on any atom is -0.379 e. The van der Waals surface area contributed by atoms with Crippen LogP contribution in [0.2, 0.25) is 0 Å². The van der Waals surface area contributed by atoms with Crippen molar-refractivity contribution in [2.75, 3.05) is 13.2 Å². The second-order valence-electron chi connectivity index (χ2n) is 5.79. The molecule has 0 unspecified atom stereocenters. The summed E-state index contributed by atoms with van der Waals surface area (Å²) in [7, 11) is 1.69. The third-order valence-electron chi connectivity index (χ3n) is 3.66.